The Kier molecular flexibility index (Phi) is 6.74. The Labute approximate surface area is 169 Å². The highest BCUT2D eigenvalue weighted by Gasteiger charge is 2.19. The Morgan fingerprint density at radius 2 is 1.59 bits per heavy atom. The molecule has 0 radical (unpaired) electrons. The van der Waals surface area contributed by atoms with Crippen LogP contribution in [0.15, 0.2) is 72.8 Å². The molecule has 4 nitrogen and oxygen atoms in total. The van der Waals surface area contributed by atoms with E-state index in [0.29, 0.717) is 24.2 Å². The Morgan fingerprint density at radius 1 is 0.897 bits per heavy atom. The number of ether oxygens (including phenoxy) is 1. The molecule has 3 aromatic carbocycles. The number of nitrogens with one attached hydrogen (secondary N) is 1. The summed E-state index contributed by atoms with van der Waals surface area (Å²) in [5, 5.41) is 2.65. The van der Waals surface area contributed by atoms with Crippen LogP contribution in [0.4, 0.5) is 10.1 Å². The Hall–Kier alpha value is -3.47. The van der Waals surface area contributed by atoms with E-state index in [1.165, 1.54) is 30.9 Å². The first kappa shape index (κ1) is 20.3. The number of para-hydroxylation sites is 1. The summed E-state index contributed by atoms with van der Waals surface area (Å²) < 4.78 is 19.3. The lowest BCUT2D eigenvalue weighted by Gasteiger charge is -2.15. The number of anilines is 1. The fourth-order valence-electron chi connectivity index (χ4n) is 3.12. The topological polar surface area (TPSA) is 55.4 Å². The summed E-state index contributed by atoms with van der Waals surface area (Å²) in [6, 6.07) is 20.6. The van der Waals surface area contributed by atoms with E-state index in [9.17, 15) is 14.0 Å². The molecule has 0 spiro atoms. The molecule has 0 aromatic heterocycles. The van der Waals surface area contributed by atoms with Crippen LogP contribution in [-0.4, -0.2) is 18.8 Å². The zero-order valence-electron chi connectivity index (χ0n) is 16.2. The van der Waals surface area contributed by atoms with Crippen LogP contribution < -0.4 is 10.1 Å². The molecule has 148 valence electrons. The number of benzene rings is 3. The van der Waals surface area contributed by atoms with Gasteiger partial charge in [0, 0.05) is 12.0 Å². The van der Waals surface area contributed by atoms with Gasteiger partial charge in [0.15, 0.2) is 5.78 Å². The van der Waals surface area contributed by atoms with Crippen LogP contribution in [-0.2, 0) is 6.42 Å². The van der Waals surface area contributed by atoms with Gasteiger partial charge in [-0.25, -0.2) is 4.39 Å². The highest BCUT2D eigenvalue weighted by molar-refractivity contribution is 6.10. The maximum Gasteiger partial charge on any atom is 0.258 e. The molecule has 29 heavy (non-hydrogen) atoms. The van der Waals surface area contributed by atoms with Crippen molar-refractivity contribution in [2.24, 2.45) is 0 Å². The van der Waals surface area contributed by atoms with E-state index in [-0.39, 0.29) is 17.0 Å². The number of rotatable bonds is 8. The van der Waals surface area contributed by atoms with Crippen molar-refractivity contribution in [1.29, 1.82) is 0 Å². The number of Topliss-reactive ketones (excluding diaryl/α,β-unsaturated/α-hetero) is 1. The van der Waals surface area contributed by atoms with Crippen molar-refractivity contribution in [3.05, 3.63) is 95.3 Å². The van der Waals surface area contributed by atoms with Gasteiger partial charge in [0.2, 0.25) is 0 Å². The third-order valence-electron chi connectivity index (χ3n) is 4.62. The molecule has 1 amide bonds. The molecule has 0 bridgehead atoms. The SMILES string of the molecule is COc1cccc(C(=O)CCCc2ccccc2)c1NC(=O)c1ccccc1F. The molecule has 3 aromatic rings. The molecular formula is C24H22FNO3. The maximum absolute atomic E-state index is 14.0. The van der Waals surface area contributed by atoms with Crippen LogP contribution >= 0.6 is 0 Å². The smallest absolute Gasteiger partial charge is 0.258 e. The normalized spacial score (nSPS) is 10.4. The minimum atomic E-state index is -0.633. The first-order valence-corrected chi connectivity index (χ1v) is 9.40. The highest BCUT2D eigenvalue weighted by atomic mass is 19.1. The van der Waals surface area contributed by atoms with Crippen LogP contribution in [0.1, 0.15) is 39.1 Å². The summed E-state index contributed by atoms with van der Waals surface area (Å²) in [5.74, 6) is -1.02. The first-order chi connectivity index (χ1) is 14.1. The van der Waals surface area contributed by atoms with Crippen LogP contribution in [0.3, 0.4) is 0 Å². The van der Waals surface area contributed by atoms with E-state index in [4.69, 9.17) is 4.74 Å². The quantitative estimate of drug-likeness (QED) is 0.531. The summed E-state index contributed by atoms with van der Waals surface area (Å²) in [6.45, 7) is 0. The molecule has 3 rings (SSSR count). The summed E-state index contributed by atoms with van der Waals surface area (Å²) >= 11 is 0. The summed E-state index contributed by atoms with van der Waals surface area (Å²) in [5.41, 5.74) is 1.68. The van der Waals surface area contributed by atoms with Crippen molar-refractivity contribution in [3.63, 3.8) is 0 Å². The minimum absolute atomic E-state index is 0.0964. The molecule has 0 aliphatic carbocycles. The standard InChI is InChI=1S/C24H22FNO3/c1-29-22-16-8-13-19(21(27)15-7-11-17-9-3-2-4-10-17)23(22)26-24(28)18-12-5-6-14-20(18)25/h2-6,8-10,12-14,16H,7,11,15H2,1H3,(H,26,28). The minimum Gasteiger partial charge on any atom is -0.495 e. The van der Waals surface area contributed by atoms with Crippen molar-refractivity contribution >= 4 is 17.4 Å². The van der Waals surface area contributed by atoms with Gasteiger partial charge in [-0.15, -0.1) is 0 Å². The molecule has 0 heterocycles. The number of hydrogen-bond acceptors (Lipinski definition) is 3. The van der Waals surface area contributed by atoms with Crippen molar-refractivity contribution in [3.8, 4) is 5.75 Å². The van der Waals surface area contributed by atoms with E-state index in [1.54, 1.807) is 24.3 Å². The molecule has 0 aliphatic heterocycles. The summed E-state index contributed by atoms with van der Waals surface area (Å²) in [4.78, 5) is 25.4. The van der Waals surface area contributed by atoms with E-state index < -0.39 is 11.7 Å². The molecular weight excluding hydrogens is 369 g/mol. The fraction of sp³-hybridized carbons (Fsp3) is 0.167. The average Bonchev–Trinajstić information content (AvgIpc) is 2.74. The van der Waals surface area contributed by atoms with Crippen LogP contribution in [0, 0.1) is 5.82 Å². The molecule has 0 aliphatic rings. The van der Waals surface area contributed by atoms with E-state index in [0.717, 1.165) is 6.42 Å². The number of aryl methyl sites for hydroxylation is 1. The first-order valence-electron chi connectivity index (χ1n) is 9.40. The number of carbonyl (C=O) groups excluding carboxylic acids is 2. The second kappa shape index (κ2) is 9.64. The molecule has 0 saturated carbocycles. The second-order valence-corrected chi connectivity index (χ2v) is 6.58. The molecule has 1 N–H and O–H groups in total. The largest absolute Gasteiger partial charge is 0.495 e. The predicted octanol–water partition coefficient (Wildman–Crippen LogP) is 5.29. The Morgan fingerprint density at radius 3 is 2.31 bits per heavy atom. The molecule has 0 atom stereocenters. The molecule has 0 unspecified atom stereocenters. The monoisotopic (exact) mass is 391 g/mol. The van der Waals surface area contributed by atoms with Gasteiger partial charge in [0.1, 0.15) is 11.6 Å². The lowest BCUT2D eigenvalue weighted by molar-refractivity contribution is 0.0981. The number of ketones is 1. The van der Waals surface area contributed by atoms with Gasteiger partial charge in [-0.3, -0.25) is 9.59 Å². The number of amides is 1. The molecule has 5 heteroatoms. The van der Waals surface area contributed by atoms with Crippen LogP contribution in [0.25, 0.3) is 0 Å². The van der Waals surface area contributed by atoms with Crippen molar-refractivity contribution in [1.82, 2.24) is 0 Å². The lowest BCUT2D eigenvalue weighted by atomic mass is 10.0. The van der Waals surface area contributed by atoms with Crippen molar-refractivity contribution in [2.45, 2.75) is 19.3 Å². The number of halogens is 1. The number of carbonyl (C=O) groups is 2. The maximum atomic E-state index is 14.0. The van der Waals surface area contributed by atoms with Gasteiger partial charge < -0.3 is 10.1 Å². The van der Waals surface area contributed by atoms with Gasteiger partial charge in [-0.2, -0.15) is 0 Å². The van der Waals surface area contributed by atoms with E-state index in [1.807, 2.05) is 30.3 Å². The second-order valence-electron chi connectivity index (χ2n) is 6.58. The zero-order chi connectivity index (χ0) is 20.6. The average molecular weight is 391 g/mol. The van der Waals surface area contributed by atoms with E-state index >= 15 is 0 Å². The number of methoxy groups -OCH3 is 1. The zero-order valence-corrected chi connectivity index (χ0v) is 16.2. The lowest BCUT2D eigenvalue weighted by Crippen LogP contribution is -2.17. The van der Waals surface area contributed by atoms with Gasteiger partial charge in [0.05, 0.1) is 18.4 Å². The third kappa shape index (κ3) is 5.08. The van der Waals surface area contributed by atoms with E-state index in [2.05, 4.69) is 5.32 Å². The fourth-order valence-corrected chi connectivity index (χ4v) is 3.12. The predicted molar refractivity (Wildman–Crippen MR) is 111 cm³/mol. The Bertz CT molecular complexity index is 1000. The molecule has 0 saturated heterocycles. The Balaban J connectivity index is 1.77. The van der Waals surface area contributed by atoms with Crippen molar-refractivity contribution in [2.75, 3.05) is 12.4 Å². The number of hydrogen-bond donors (Lipinski definition) is 1. The van der Waals surface area contributed by atoms with Crippen molar-refractivity contribution < 1.29 is 18.7 Å². The van der Waals surface area contributed by atoms with Gasteiger partial charge in [-0.05, 0) is 42.7 Å². The summed E-state index contributed by atoms with van der Waals surface area (Å²) in [6.07, 6.45) is 1.79. The highest BCUT2D eigenvalue weighted by Crippen LogP contribution is 2.30. The van der Waals surface area contributed by atoms with Crippen LogP contribution in [0.2, 0.25) is 0 Å². The molecule has 0 fully saturated rings. The van der Waals surface area contributed by atoms with Gasteiger partial charge in [-0.1, -0.05) is 48.5 Å². The third-order valence-corrected chi connectivity index (χ3v) is 4.62. The van der Waals surface area contributed by atoms with Gasteiger partial charge in [0.25, 0.3) is 5.91 Å². The van der Waals surface area contributed by atoms with Crippen LogP contribution in [0.5, 0.6) is 5.75 Å². The van der Waals surface area contributed by atoms with Gasteiger partial charge >= 0.3 is 0 Å². The summed E-state index contributed by atoms with van der Waals surface area (Å²) in [7, 11) is 1.46.